The maximum atomic E-state index is 11.6. The van der Waals surface area contributed by atoms with Gasteiger partial charge in [-0.05, 0) is 12.5 Å². The summed E-state index contributed by atoms with van der Waals surface area (Å²) in [6.07, 6.45) is 2.10. The number of hydrogen-bond donors (Lipinski definition) is 0. The van der Waals surface area contributed by atoms with Crippen LogP contribution in [0.2, 0.25) is 0 Å². The molecule has 1 aromatic carbocycles. The first-order valence-corrected chi connectivity index (χ1v) is 6.33. The third-order valence-electron chi connectivity index (χ3n) is 2.76. The number of Topliss-reactive ketones (excluding diaryl/α,β-unsaturated/α-hetero) is 1. The van der Waals surface area contributed by atoms with E-state index in [1.807, 2.05) is 29.8 Å². The molecular weight excluding hydrogens is 231 g/mol. The van der Waals surface area contributed by atoms with Crippen molar-refractivity contribution in [3.8, 4) is 0 Å². The summed E-state index contributed by atoms with van der Waals surface area (Å²) in [5.74, 6) is 0.117. The number of nitrogens with zero attached hydrogens (tertiary/aromatic N) is 2. The molecule has 1 atom stereocenters. The van der Waals surface area contributed by atoms with E-state index in [4.69, 9.17) is 0 Å². The second-order valence-electron chi connectivity index (χ2n) is 3.91. The van der Waals surface area contributed by atoms with Gasteiger partial charge in [0.25, 0.3) is 0 Å². The quantitative estimate of drug-likeness (QED) is 0.613. The molecule has 0 saturated heterocycles. The van der Waals surface area contributed by atoms with Crippen LogP contribution in [0, 0.1) is 6.92 Å². The van der Waals surface area contributed by atoms with E-state index in [0.717, 1.165) is 11.3 Å². The molecule has 0 spiro atoms. The molecule has 0 N–H and O–H groups in total. The van der Waals surface area contributed by atoms with Gasteiger partial charge in [0.05, 0.1) is 18.3 Å². The van der Waals surface area contributed by atoms with Gasteiger partial charge in [-0.3, -0.25) is 9.48 Å². The van der Waals surface area contributed by atoms with Crippen LogP contribution in [0.4, 0.5) is 0 Å². The zero-order chi connectivity index (χ0) is 12.3. The Morgan fingerprint density at radius 3 is 2.71 bits per heavy atom. The highest BCUT2D eigenvalue weighted by molar-refractivity contribution is 7.18. The second kappa shape index (κ2) is 5.24. The Bertz CT molecular complexity index is 519. The van der Waals surface area contributed by atoms with E-state index in [0.29, 0.717) is 12.7 Å². The fourth-order valence-electron chi connectivity index (χ4n) is 1.75. The first-order valence-electron chi connectivity index (χ1n) is 5.52. The number of carbonyl (C=O) groups is 1. The molecule has 1 aromatic heterocycles. The number of hydrogen-bond acceptors (Lipinski definition) is 2. The largest absolute Gasteiger partial charge is 0.294 e. The monoisotopic (exact) mass is 246 g/mol. The predicted octanol–water partition coefficient (Wildman–Crippen LogP) is 2.30. The summed E-state index contributed by atoms with van der Waals surface area (Å²) in [6, 6.07) is 10.1. The second-order valence-corrected chi connectivity index (χ2v) is 4.32. The zero-order valence-corrected chi connectivity index (χ0v) is 10.9. The molecular formula is C13H15N2OP. The average molecular weight is 246 g/mol. The van der Waals surface area contributed by atoms with Crippen LogP contribution in [0.25, 0.3) is 0 Å². The summed E-state index contributed by atoms with van der Waals surface area (Å²) in [7, 11) is 2.45. The lowest BCUT2D eigenvalue weighted by atomic mass is 10.2. The van der Waals surface area contributed by atoms with Crippen LogP contribution in [0.3, 0.4) is 0 Å². The van der Waals surface area contributed by atoms with Crippen molar-refractivity contribution in [3.63, 3.8) is 0 Å². The third kappa shape index (κ3) is 2.62. The SMILES string of the molecule is Cc1c(C(=O)CP)cnn1Cc1ccccc1. The van der Waals surface area contributed by atoms with Crippen LogP contribution in [0.1, 0.15) is 21.6 Å². The van der Waals surface area contributed by atoms with Crippen molar-refractivity contribution in [2.24, 2.45) is 0 Å². The minimum atomic E-state index is 0.117. The molecule has 17 heavy (non-hydrogen) atoms. The molecule has 3 nitrogen and oxygen atoms in total. The number of ketones is 1. The van der Waals surface area contributed by atoms with Crippen LogP contribution in [-0.4, -0.2) is 21.7 Å². The van der Waals surface area contributed by atoms with Gasteiger partial charge >= 0.3 is 0 Å². The predicted molar refractivity (Wildman–Crippen MR) is 71.4 cm³/mol. The van der Waals surface area contributed by atoms with Crippen LogP contribution in [0.15, 0.2) is 36.5 Å². The minimum absolute atomic E-state index is 0.117. The number of rotatable bonds is 4. The Labute approximate surface area is 103 Å². The fraction of sp³-hybridized carbons (Fsp3) is 0.231. The summed E-state index contributed by atoms with van der Waals surface area (Å²) < 4.78 is 1.86. The van der Waals surface area contributed by atoms with Gasteiger partial charge in [-0.25, -0.2) is 0 Å². The van der Waals surface area contributed by atoms with Crippen molar-refractivity contribution in [2.75, 3.05) is 6.16 Å². The molecule has 2 rings (SSSR count). The summed E-state index contributed by atoms with van der Waals surface area (Å²) in [4.78, 5) is 11.6. The molecule has 0 bridgehead atoms. The topological polar surface area (TPSA) is 34.9 Å². The highest BCUT2D eigenvalue weighted by Gasteiger charge is 2.12. The van der Waals surface area contributed by atoms with Gasteiger partial charge in [0.1, 0.15) is 0 Å². The minimum Gasteiger partial charge on any atom is -0.294 e. The lowest BCUT2D eigenvalue weighted by Crippen LogP contribution is -2.06. The standard InChI is InChI=1S/C13H15N2OP/c1-10-12(13(16)9-17)7-14-15(10)8-11-5-3-2-4-6-11/h2-7H,8-9,17H2,1H3. The zero-order valence-electron chi connectivity index (χ0n) is 9.76. The van der Waals surface area contributed by atoms with Crippen LogP contribution >= 0.6 is 9.24 Å². The number of carbonyl (C=O) groups excluding carboxylic acids is 1. The molecule has 0 amide bonds. The van der Waals surface area contributed by atoms with Gasteiger partial charge < -0.3 is 0 Å². The Morgan fingerprint density at radius 1 is 1.35 bits per heavy atom. The Balaban J connectivity index is 2.24. The van der Waals surface area contributed by atoms with E-state index in [1.165, 1.54) is 5.56 Å². The Hall–Kier alpha value is -1.47. The molecule has 0 aliphatic heterocycles. The van der Waals surface area contributed by atoms with Gasteiger partial charge in [-0.2, -0.15) is 5.10 Å². The van der Waals surface area contributed by atoms with Gasteiger partial charge in [-0.1, -0.05) is 30.3 Å². The van der Waals surface area contributed by atoms with Crippen molar-refractivity contribution in [1.29, 1.82) is 0 Å². The summed E-state index contributed by atoms with van der Waals surface area (Å²) in [5, 5.41) is 4.27. The number of aromatic nitrogens is 2. The molecule has 4 heteroatoms. The van der Waals surface area contributed by atoms with Crippen LogP contribution in [0.5, 0.6) is 0 Å². The molecule has 1 unspecified atom stereocenters. The first-order chi connectivity index (χ1) is 8.22. The summed E-state index contributed by atoms with van der Waals surface area (Å²) in [6.45, 7) is 2.64. The summed E-state index contributed by atoms with van der Waals surface area (Å²) in [5.41, 5.74) is 2.83. The third-order valence-corrected chi connectivity index (χ3v) is 3.13. The van der Waals surface area contributed by atoms with Gasteiger partial charge in [-0.15, -0.1) is 9.24 Å². The summed E-state index contributed by atoms with van der Waals surface area (Å²) >= 11 is 0. The van der Waals surface area contributed by atoms with Gasteiger partial charge in [0, 0.05) is 11.9 Å². The van der Waals surface area contributed by atoms with Crippen molar-refractivity contribution in [3.05, 3.63) is 53.3 Å². The van der Waals surface area contributed by atoms with E-state index in [2.05, 4.69) is 26.5 Å². The highest BCUT2D eigenvalue weighted by Crippen LogP contribution is 2.11. The molecule has 0 aliphatic rings. The maximum absolute atomic E-state index is 11.6. The van der Waals surface area contributed by atoms with Gasteiger partial charge in [0.15, 0.2) is 5.78 Å². The fourth-order valence-corrected chi connectivity index (χ4v) is 1.97. The molecule has 88 valence electrons. The number of benzene rings is 1. The lowest BCUT2D eigenvalue weighted by Gasteiger charge is -2.05. The highest BCUT2D eigenvalue weighted by atomic mass is 31.0. The molecule has 0 fully saturated rings. The maximum Gasteiger partial charge on any atom is 0.170 e. The average Bonchev–Trinajstić information content (AvgIpc) is 2.72. The van der Waals surface area contributed by atoms with Crippen LogP contribution < -0.4 is 0 Å². The lowest BCUT2D eigenvalue weighted by molar-refractivity contribution is 0.102. The van der Waals surface area contributed by atoms with E-state index in [9.17, 15) is 4.79 Å². The van der Waals surface area contributed by atoms with Crippen molar-refractivity contribution < 1.29 is 4.79 Å². The molecule has 1 heterocycles. The Morgan fingerprint density at radius 2 is 2.06 bits per heavy atom. The van der Waals surface area contributed by atoms with E-state index in [-0.39, 0.29) is 5.78 Å². The van der Waals surface area contributed by atoms with Crippen molar-refractivity contribution in [2.45, 2.75) is 13.5 Å². The van der Waals surface area contributed by atoms with Gasteiger partial charge in [0.2, 0.25) is 0 Å². The molecule has 0 radical (unpaired) electrons. The van der Waals surface area contributed by atoms with Crippen LogP contribution in [-0.2, 0) is 6.54 Å². The first kappa shape index (κ1) is 12.0. The molecule has 0 aliphatic carbocycles. The van der Waals surface area contributed by atoms with Crippen molar-refractivity contribution >= 4 is 15.0 Å². The van der Waals surface area contributed by atoms with E-state index in [1.54, 1.807) is 6.20 Å². The Kier molecular flexibility index (Phi) is 3.70. The van der Waals surface area contributed by atoms with Crippen molar-refractivity contribution in [1.82, 2.24) is 9.78 Å². The normalized spacial score (nSPS) is 10.5. The molecule has 2 aromatic rings. The van der Waals surface area contributed by atoms with E-state index >= 15 is 0 Å². The molecule has 0 saturated carbocycles. The van der Waals surface area contributed by atoms with E-state index < -0.39 is 0 Å². The smallest absolute Gasteiger partial charge is 0.170 e.